The SMILES string of the molecule is NCc1ccc(COCc2ccc3c(c2)OCO3)c(Br)c1. The van der Waals surface area contributed by atoms with E-state index in [2.05, 4.69) is 15.9 Å². The lowest BCUT2D eigenvalue weighted by atomic mass is 10.1. The van der Waals surface area contributed by atoms with Crippen molar-refractivity contribution in [3.8, 4) is 11.5 Å². The van der Waals surface area contributed by atoms with Crippen molar-refractivity contribution < 1.29 is 14.2 Å². The minimum absolute atomic E-state index is 0.292. The van der Waals surface area contributed by atoms with Crippen molar-refractivity contribution in [2.45, 2.75) is 19.8 Å². The molecule has 0 saturated carbocycles. The highest BCUT2D eigenvalue weighted by Crippen LogP contribution is 2.32. The Bertz CT molecular complexity index is 645. The molecule has 3 rings (SSSR count). The van der Waals surface area contributed by atoms with Crippen molar-refractivity contribution in [3.05, 3.63) is 57.6 Å². The molecule has 0 atom stereocenters. The predicted octanol–water partition coefficient (Wildman–Crippen LogP) is 3.35. The van der Waals surface area contributed by atoms with E-state index >= 15 is 0 Å². The van der Waals surface area contributed by atoms with Crippen molar-refractivity contribution in [2.75, 3.05) is 6.79 Å². The molecular formula is C16H16BrNO3. The molecule has 0 aliphatic carbocycles. The fourth-order valence-corrected chi connectivity index (χ4v) is 2.69. The van der Waals surface area contributed by atoms with Gasteiger partial charge in [-0.2, -0.15) is 0 Å². The van der Waals surface area contributed by atoms with Gasteiger partial charge in [0, 0.05) is 11.0 Å². The maximum absolute atomic E-state index is 5.76. The monoisotopic (exact) mass is 349 g/mol. The maximum Gasteiger partial charge on any atom is 0.231 e. The number of fused-ring (bicyclic) bond motifs is 1. The summed E-state index contributed by atoms with van der Waals surface area (Å²) in [7, 11) is 0. The lowest BCUT2D eigenvalue weighted by Gasteiger charge is -2.08. The normalized spacial score (nSPS) is 12.7. The molecule has 2 N–H and O–H groups in total. The molecule has 0 spiro atoms. The molecular weight excluding hydrogens is 334 g/mol. The number of nitrogens with two attached hydrogens (primary N) is 1. The second kappa shape index (κ2) is 6.47. The van der Waals surface area contributed by atoms with Gasteiger partial charge in [0.25, 0.3) is 0 Å². The Hall–Kier alpha value is -1.56. The molecule has 110 valence electrons. The summed E-state index contributed by atoms with van der Waals surface area (Å²) in [6, 6.07) is 11.9. The van der Waals surface area contributed by atoms with Crippen molar-refractivity contribution in [1.82, 2.24) is 0 Å². The van der Waals surface area contributed by atoms with Crippen LogP contribution in [0.2, 0.25) is 0 Å². The molecule has 4 nitrogen and oxygen atoms in total. The van der Waals surface area contributed by atoms with Crippen LogP contribution in [0.1, 0.15) is 16.7 Å². The smallest absolute Gasteiger partial charge is 0.231 e. The van der Waals surface area contributed by atoms with E-state index in [0.717, 1.165) is 32.7 Å². The third-order valence-corrected chi connectivity index (χ3v) is 4.05. The zero-order chi connectivity index (χ0) is 14.7. The summed E-state index contributed by atoms with van der Waals surface area (Å²) >= 11 is 3.54. The topological polar surface area (TPSA) is 53.7 Å². The van der Waals surface area contributed by atoms with Gasteiger partial charge in [-0.05, 0) is 34.9 Å². The van der Waals surface area contributed by atoms with Gasteiger partial charge >= 0.3 is 0 Å². The first-order valence-corrected chi connectivity index (χ1v) is 7.49. The Morgan fingerprint density at radius 2 is 1.81 bits per heavy atom. The second-order valence-corrected chi connectivity index (χ2v) is 5.66. The van der Waals surface area contributed by atoms with E-state index in [0.29, 0.717) is 26.6 Å². The van der Waals surface area contributed by atoms with Gasteiger partial charge in [0.2, 0.25) is 6.79 Å². The summed E-state index contributed by atoms with van der Waals surface area (Å²) in [6.45, 7) is 1.90. The van der Waals surface area contributed by atoms with Crippen molar-refractivity contribution in [1.29, 1.82) is 0 Å². The Morgan fingerprint density at radius 3 is 2.62 bits per heavy atom. The van der Waals surface area contributed by atoms with Crippen LogP contribution < -0.4 is 15.2 Å². The van der Waals surface area contributed by atoms with Gasteiger partial charge in [0.1, 0.15) is 0 Å². The summed E-state index contributed by atoms with van der Waals surface area (Å²) in [5, 5.41) is 0. The van der Waals surface area contributed by atoms with Gasteiger partial charge in [-0.15, -0.1) is 0 Å². The van der Waals surface area contributed by atoms with E-state index < -0.39 is 0 Å². The van der Waals surface area contributed by atoms with Gasteiger partial charge in [-0.1, -0.05) is 34.1 Å². The summed E-state index contributed by atoms with van der Waals surface area (Å²) in [5.74, 6) is 1.57. The first kappa shape index (κ1) is 14.4. The van der Waals surface area contributed by atoms with Crippen LogP contribution in [0.15, 0.2) is 40.9 Å². The molecule has 21 heavy (non-hydrogen) atoms. The zero-order valence-corrected chi connectivity index (χ0v) is 13.1. The van der Waals surface area contributed by atoms with Crippen molar-refractivity contribution in [2.24, 2.45) is 5.73 Å². The molecule has 0 radical (unpaired) electrons. The molecule has 0 fully saturated rings. The van der Waals surface area contributed by atoms with E-state index in [-0.39, 0.29) is 0 Å². The molecule has 0 unspecified atom stereocenters. The third kappa shape index (κ3) is 3.37. The summed E-state index contributed by atoms with van der Waals surface area (Å²) < 4.78 is 17.4. The van der Waals surface area contributed by atoms with Crippen LogP contribution in [-0.2, 0) is 24.5 Å². The lowest BCUT2D eigenvalue weighted by Crippen LogP contribution is -1.99. The van der Waals surface area contributed by atoms with Crippen LogP contribution in [0.4, 0.5) is 0 Å². The lowest BCUT2D eigenvalue weighted by molar-refractivity contribution is 0.106. The first-order valence-electron chi connectivity index (χ1n) is 6.70. The van der Waals surface area contributed by atoms with E-state index in [4.69, 9.17) is 19.9 Å². The van der Waals surface area contributed by atoms with Crippen LogP contribution in [0.25, 0.3) is 0 Å². The van der Waals surface area contributed by atoms with Crippen LogP contribution in [0.3, 0.4) is 0 Å². The predicted molar refractivity (Wildman–Crippen MR) is 83.1 cm³/mol. The molecule has 0 amide bonds. The van der Waals surface area contributed by atoms with Crippen LogP contribution in [-0.4, -0.2) is 6.79 Å². The highest BCUT2D eigenvalue weighted by Gasteiger charge is 2.13. The summed E-state index contributed by atoms with van der Waals surface area (Å²) in [4.78, 5) is 0. The number of ether oxygens (including phenoxy) is 3. The van der Waals surface area contributed by atoms with Crippen LogP contribution in [0.5, 0.6) is 11.5 Å². The van der Waals surface area contributed by atoms with Crippen molar-refractivity contribution >= 4 is 15.9 Å². The first-order chi connectivity index (χ1) is 10.3. The highest BCUT2D eigenvalue weighted by molar-refractivity contribution is 9.10. The standard InChI is InChI=1S/C16H16BrNO3/c17-14-5-11(7-18)1-3-13(14)9-19-8-12-2-4-15-16(6-12)21-10-20-15/h1-6H,7-10,18H2. The van der Waals surface area contributed by atoms with Gasteiger partial charge in [-0.3, -0.25) is 0 Å². The Kier molecular flexibility index (Phi) is 4.43. The molecule has 1 aliphatic heterocycles. The van der Waals surface area contributed by atoms with E-state index in [1.165, 1.54) is 0 Å². The number of halogens is 1. The average Bonchev–Trinajstić information content (AvgIpc) is 2.96. The van der Waals surface area contributed by atoms with Crippen molar-refractivity contribution in [3.63, 3.8) is 0 Å². The molecule has 1 aliphatic rings. The minimum Gasteiger partial charge on any atom is -0.454 e. The molecule has 0 bridgehead atoms. The largest absolute Gasteiger partial charge is 0.454 e. The summed E-state index contributed by atoms with van der Waals surface area (Å²) in [5.41, 5.74) is 8.88. The highest BCUT2D eigenvalue weighted by atomic mass is 79.9. The number of hydrogen-bond acceptors (Lipinski definition) is 4. The maximum atomic E-state index is 5.76. The van der Waals surface area contributed by atoms with E-state index in [9.17, 15) is 0 Å². The Balaban J connectivity index is 1.58. The zero-order valence-electron chi connectivity index (χ0n) is 11.5. The molecule has 1 heterocycles. The van der Waals surface area contributed by atoms with E-state index in [1.807, 2.05) is 36.4 Å². The fourth-order valence-electron chi connectivity index (χ4n) is 2.14. The van der Waals surface area contributed by atoms with Gasteiger partial charge in [0.15, 0.2) is 11.5 Å². The van der Waals surface area contributed by atoms with Gasteiger partial charge in [-0.25, -0.2) is 0 Å². The molecule has 0 aromatic heterocycles. The minimum atomic E-state index is 0.292. The Labute approximate surface area is 131 Å². The second-order valence-electron chi connectivity index (χ2n) is 4.81. The van der Waals surface area contributed by atoms with Crippen LogP contribution in [0, 0.1) is 0 Å². The van der Waals surface area contributed by atoms with Gasteiger partial charge in [0.05, 0.1) is 13.2 Å². The number of hydrogen-bond donors (Lipinski definition) is 1. The molecule has 2 aromatic carbocycles. The van der Waals surface area contributed by atoms with Crippen LogP contribution >= 0.6 is 15.9 Å². The average molecular weight is 350 g/mol. The molecule has 2 aromatic rings. The van der Waals surface area contributed by atoms with Gasteiger partial charge < -0.3 is 19.9 Å². The Morgan fingerprint density at radius 1 is 1.00 bits per heavy atom. The van der Waals surface area contributed by atoms with E-state index in [1.54, 1.807) is 0 Å². The fraction of sp³-hybridized carbons (Fsp3) is 0.250. The molecule has 0 saturated heterocycles. The third-order valence-electron chi connectivity index (χ3n) is 3.32. The quantitative estimate of drug-likeness (QED) is 0.899. The number of rotatable bonds is 5. The number of benzene rings is 2. The summed E-state index contributed by atoms with van der Waals surface area (Å²) in [6.07, 6.45) is 0. The molecule has 5 heteroatoms.